The highest BCUT2D eigenvalue weighted by atomic mass is 32.2. The minimum atomic E-state index is -5.10. The van der Waals surface area contributed by atoms with Gasteiger partial charge in [-0.2, -0.15) is 18.2 Å². The first kappa shape index (κ1) is 30.7. The van der Waals surface area contributed by atoms with Crippen molar-refractivity contribution in [2.75, 3.05) is 30.8 Å². The van der Waals surface area contributed by atoms with Crippen molar-refractivity contribution < 1.29 is 35.2 Å². The number of halogens is 5. The Bertz CT molecular complexity index is 2000. The number of carbonyl (C=O) groups is 1. The highest BCUT2D eigenvalue weighted by Crippen LogP contribution is 2.40. The van der Waals surface area contributed by atoms with Gasteiger partial charge in [0.05, 0.1) is 33.3 Å². The van der Waals surface area contributed by atoms with Crippen LogP contribution in [0.15, 0.2) is 65.1 Å². The van der Waals surface area contributed by atoms with Gasteiger partial charge in [0.25, 0.3) is 0 Å². The molecule has 3 aromatic heterocycles. The van der Waals surface area contributed by atoms with Crippen LogP contribution in [0.2, 0.25) is 0 Å². The third-order valence-electron chi connectivity index (χ3n) is 7.14. The van der Waals surface area contributed by atoms with E-state index >= 15 is 4.39 Å². The third kappa shape index (κ3) is 5.40. The van der Waals surface area contributed by atoms with Crippen LogP contribution in [0.25, 0.3) is 28.0 Å². The van der Waals surface area contributed by atoms with E-state index in [0.29, 0.717) is 16.7 Å². The molecule has 0 saturated carbocycles. The van der Waals surface area contributed by atoms with Gasteiger partial charge in [-0.25, -0.2) is 31.5 Å². The maximum atomic E-state index is 15.8. The number of pyridine rings is 2. The molecule has 1 aliphatic rings. The normalized spacial score (nSPS) is 15.9. The monoisotopic (exact) mass is 634 g/mol. The lowest BCUT2D eigenvalue weighted by Crippen LogP contribution is -2.54. The van der Waals surface area contributed by atoms with Gasteiger partial charge in [-0.1, -0.05) is 12.6 Å². The Morgan fingerprint density at radius 2 is 1.84 bits per heavy atom. The summed E-state index contributed by atoms with van der Waals surface area (Å²) in [6.45, 7) is 5.62. The number of nitrogens with zero attached hydrogens (tertiary/aromatic N) is 6. The molecular weight excluding hydrogens is 611 g/mol. The predicted molar refractivity (Wildman–Crippen MR) is 150 cm³/mol. The number of piperazine rings is 1. The highest BCUT2D eigenvalue weighted by Gasteiger charge is 2.37. The summed E-state index contributed by atoms with van der Waals surface area (Å²) in [6.07, 6.45) is -0.943. The minimum Gasteiger partial charge on any atom is -0.350 e. The fourth-order valence-electron chi connectivity index (χ4n) is 5.17. The van der Waals surface area contributed by atoms with Gasteiger partial charge < -0.3 is 9.80 Å². The number of hydrogen-bond donors (Lipinski definition) is 0. The summed E-state index contributed by atoms with van der Waals surface area (Å²) in [5.74, 6) is -3.24. The molecule has 0 N–H and O–H groups in total. The number of anilines is 1. The molecule has 5 rings (SSSR count). The first-order valence-electron chi connectivity index (χ1n) is 12.9. The molecule has 1 saturated heterocycles. The van der Waals surface area contributed by atoms with E-state index in [9.17, 15) is 35.6 Å². The van der Waals surface area contributed by atoms with Crippen LogP contribution in [0.1, 0.15) is 12.5 Å². The van der Waals surface area contributed by atoms with Crippen LogP contribution in [0.5, 0.6) is 0 Å². The standard InChI is InChI=1S/C28H23F5N6O4S/c1-4-22(40)37-10-11-38(15(2)14-37)25-16-12-19(30)24(23-17(28(31,32)33)6-5-7-18(23)29)35-26(16)39(27(41)36-25)20-13-34-9-8-21(20)44(3,42)43/h4-9,12-13,15H,1,10-11,14H2,2-3H3/t15-/m0/s1. The zero-order valence-electron chi connectivity index (χ0n) is 23.1. The van der Waals surface area contributed by atoms with Crippen LogP contribution in [0, 0.1) is 11.6 Å². The molecule has 0 unspecified atom stereocenters. The smallest absolute Gasteiger partial charge is 0.350 e. The minimum absolute atomic E-state index is 0.114. The van der Waals surface area contributed by atoms with Gasteiger partial charge in [0.1, 0.15) is 17.3 Å². The van der Waals surface area contributed by atoms with Crippen molar-refractivity contribution >= 4 is 32.6 Å². The van der Waals surface area contributed by atoms with Gasteiger partial charge in [0, 0.05) is 38.1 Å². The number of aromatic nitrogens is 4. The third-order valence-corrected chi connectivity index (χ3v) is 8.29. The topological polar surface area (TPSA) is 118 Å². The first-order chi connectivity index (χ1) is 20.6. The quantitative estimate of drug-likeness (QED) is 0.241. The molecule has 4 aromatic rings. The van der Waals surface area contributed by atoms with E-state index in [0.717, 1.165) is 42.9 Å². The lowest BCUT2D eigenvalue weighted by Gasteiger charge is -2.40. The average Bonchev–Trinajstić information content (AvgIpc) is 2.95. The van der Waals surface area contributed by atoms with Crippen molar-refractivity contribution in [3.05, 3.63) is 83.1 Å². The Balaban J connectivity index is 1.86. The van der Waals surface area contributed by atoms with Crippen LogP contribution in [0.4, 0.5) is 27.8 Å². The number of hydrogen-bond acceptors (Lipinski definition) is 8. The Kier molecular flexibility index (Phi) is 7.73. The van der Waals surface area contributed by atoms with E-state index in [1.54, 1.807) is 11.8 Å². The molecular formula is C28H23F5N6O4S. The van der Waals surface area contributed by atoms with Crippen LogP contribution in [0.3, 0.4) is 0 Å². The summed E-state index contributed by atoms with van der Waals surface area (Å²) in [7, 11) is -4.02. The van der Waals surface area contributed by atoms with E-state index < -0.39 is 66.7 Å². The molecule has 10 nitrogen and oxygen atoms in total. The zero-order valence-corrected chi connectivity index (χ0v) is 24.0. The summed E-state index contributed by atoms with van der Waals surface area (Å²) < 4.78 is 98.5. The number of rotatable bonds is 5. The largest absolute Gasteiger partial charge is 0.417 e. The Labute approximate surface area is 247 Å². The summed E-state index contributed by atoms with van der Waals surface area (Å²) in [4.78, 5) is 40.6. The zero-order chi connectivity index (χ0) is 32.1. The van der Waals surface area contributed by atoms with Gasteiger partial charge >= 0.3 is 11.9 Å². The number of sulfone groups is 1. The van der Waals surface area contributed by atoms with E-state index in [4.69, 9.17) is 0 Å². The molecule has 1 atom stereocenters. The van der Waals surface area contributed by atoms with E-state index in [2.05, 4.69) is 21.5 Å². The summed E-state index contributed by atoms with van der Waals surface area (Å²) in [6, 6.07) is 3.45. The molecule has 0 aliphatic carbocycles. The van der Waals surface area contributed by atoms with Gasteiger partial charge in [-0.05, 0) is 37.3 Å². The number of benzene rings is 1. The molecule has 1 aliphatic heterocycles. The van der Waals surface area contributed by atoms with Gasteiger partial charge in [0.15, 0.2) is 21.3 Å². The van der Waals surface area contributed by atoms with Gasteiger partial charge in [-0.15, -0.1) is 0 Å². The van der Waals surface area contributed by atoms with E-state index in [-0.39, 0.29) is 42.4 Å². The van der Waals surface area contributed by atoms with Crippen molar-refractivity contribution in [2.24, 2.45) is 0 Å². The van der Waals surface area contributed by atoms with Gasteiger partial charge in [0.2, 0.25) is 5.91 Å². The molecule has 1 aromatic carbocycles. The van der Waals surface area contributed by atoms with Crippen molar-refractivity contribution in [3.8, 4) is 16.9 Å². The van der Waals surface area contributed by atoms with Crippen molar-refractivity contribution in [2.45, 2.75) is 24.0 Å². The first-order valence-corrected chi connectivity index (χ1v) is 14.8. The molecule has 16 heteroatoms. The molecule has 0 bridgehead atoms. The van der Waals surface area contributed by atoms with Crippen LogP contribution >= 0.6 is 0 Å². The second-order valence-electron chi connectivity index (χ2n) is 10.0. The predicted octanol–water partition coefficient (Wildman–Crippen LogP) is 3.77. The summed E-state index contributed by atoms with van der Waals surface area (Å²) in [5.41, 5.74) is -5.74. The number of amides is 1. The number of alkyl halides is 3. The summed E-state index contributed by atoms with van der Waals surface area (Å²) >= 11 is 0. The molecule has 1 amide bonds. The Morgan fingerprint density at radius 1 is 1.11 bits per heavy atom. The second kappa shape index (κ2) is 11.1. The highest BCUT2D eigenvalue weighted by molar-refractivity contribution is 7.90. The molecule has 44 heavy (non-hydrogen) atoms. The maximum Gasteiger partial charge on any atom is 0.417 e. The fourth-order valence-corrected chi connectivity index (χ4v) is 6.01. The Hall–Kier alpha value is -4.73. The van der Waals surface area contributed by atoms with E-state index in [1.807, 2.05) is 0 Å². The van der Waals surface area contributed by atoms with Crippen molar-refractivity contribution in [1.29, 1.82) is 0 Å². The van der Waals surface area contributed by atoms with Crippen LogP contribution < -0.4 is 10.6 Å². The molecule has 1 fully saturated rings. The van der Waals surface area contributed by atoms with Crippen LogP contribution in [-0.4, -0.2) is 70.7 Å². The number of carbonyl (C=O) groups excluding carboxylic acids is 1. The molecule has 0 spiro atoms. The van der Waals surface area contributed by atoms with Crippen molar-refractivity contribution in [3.63, 3.8) is 0 Å². The van der Waals surface area contributed by atoms with Gasteiger partial charge in [-0.3, -0.25) is 9.78 Å². The second-order valence-corrected chi connectivity index (χ2v) is 12.0. The molecule has 230 valence electrons. The SMILES string of the molecule is C=CC(=O)N1CCN(c2nc(=O)n(-c3cnccc3S(C)(=O)=O)c3nc(-c4c(F)cccc4C(F)(F)F)c(F)cc23)[C@@H](C)C1. The van der Waals surface area contributed by atoms with Crippen LogP contribution in [-0.2, 0) is 20.8 Å². The molecule has 0 radical (unpaired) electrons. The summed E-state index contributed by atoms with van der Waals surface area (Å²) in [5, 5.41) is -0.186. The lowest BCUT2D eigenvalue weighted by molar-refractivity contribution is -0.137. The Morgan fingerprint density at radius 3 is 2.48 bits per heavy atom. The lowest BCUT2D eigenvalue weighted by atomic mass is 10.0. The fraction of sp³-hybridized carbons (Fsp3) is 0.250. The molecule has 4 heterocycles. The maximum absolute atomic E-state index is 15.8. The van der Waals surface area contributed by atoms with E-state index in [1.165, 1.54) is 4.90 Å². The average molecular weight is 635 g/mol. The van der Waals surface area contributed by atoms with Crippen molar-refractivity contribution in [1.82, 2.24) is 24.4 Å². The number of fused-ring (bicyclic) bond motifs is 1.